The molecule has 2 fully saturated rings. The normalized spacial score (nSPS) is 39.1. The summed E-state index contributed by atoms with van der Waals surface area (Å²) in [7, 11) is 0. The number of imidazole rings is 1. The largest absolute Gasteiger partial charge is 0.396 e. The van der Waals surface area contributed by atoms with E-state index in [-0.39, 0.29) is 24.4 Å². The molecule has 2 heterocycles. The third-order valence-electron chi connectivity index (χ3n) is 4.86. The average Bonchev–Trinajstić information content (AvgIpc) is 2.95. The maximum absolute atomic E-state index is 10.3. The minimum Gasteiger partial charge on any atom is -0.396 e. The van der Waals surface area contributed by atoms with Crippen LogP contribution in [0.2, 0.25) is 0 Å². The summed E-state index contributed by atoms with van der Waals surface area (Å²) in [4.78, 5) is 12.2. The van der Waals surface area contributed by atoms with E-state index in [1.54, 1.807) is 10.9 Å². The Labute approximate surface area is 113 Å². The number of aliphatic hydroxyl groups is 3. The van der Waals surface area contributed by atoms with Gasteiger partial charge in [0.1, 0.15) is 17.9 Å². The van der Waals surface area contributed by atoms with Crippen LogP contribution in [-0.2, 0) is 0 Å². The number of hydrogen-bond acceptors (Lipinski definition) is 7. The van der Waals surface area contributed by atoms with Crippen molar-refractivity contribution in [1.29, 1.82) is 0 Å². The Balaban J connectivity index is 1.83. The van der Waals surface area contributed by atoms with Crippen molar-refractivity contribution in [2.45, 2.75) is 24.7 Å². The topological polar surface area (TPSA) is 130 Å². The van der Waals surface area contributed by atoms with Crippen molar-refractivity contribution < 1.29 is 15.3 Å². The van der Waals surface area contributed by atoms with E-state index in [9.17, 15) is 15.3 Å². The molecule has 106 valence electrons. The Morgan fingerprint density at radius 1 is 1.35 bits per heavy atom. The summed E-state index contributed by atoms with van der Waals surface area (Å²) in [5.74, 6) is 0.303. The summed E-state index contributed by atoms with van der Waals surface area (Å²) in [5, 5.41) is 29.9. The molecule has 0 amide bonds. The first-order valence-electron chi connectivity index (χ1n) is 6.50. The zero-order valence-corrected chi connectivity index (χ0v) is 10.6. The van der Waals surface area contributed by atoms with Crippen LogP contribution in [0.1, 0.15) is 12.5 Å². The van der Waals surface area contributed by atoms with Crippen LogP contribution in [0, 0.1) is 11.3 Å². The predicted molar refractivity (Wildman–Crippen MR) is 68.4 cm³/mol. The summed E-state index contributed by atoms with van der Waals surface area (Å²) in [6, 6.07) is -0.351. The molecule has 2 aliphatic carbocycles. The third-order valence-corrected chi connectivity index (χ3v) is 4.86. The van der Waals surface area contributed by atoms with Gasteiger partial charge in [0.2, 0.25) is 0 Å². The van der Waals surface area contributed by atoms with Crippen LogP contribution in [0.5, 0.6) is 0 Å². The van der Waals surface area contributed by atoms with Gasteiger partial charge in [-0.15, -0.1) is 0 Å². The van der Waals surface area contributed by atoms with Crippen LogP contribution in [0.25, 0.3) is 11.2 Å². The van der Waals surface area contributed by atoms with Gasteiger partial charge < -0.3 is 25.6 Å². The molecule has 4 rings (SSSR count). The predicted octanol–water partition coefficient (Wildman–Crippen LogP) is -1.32. The number of fused-ring (bicyclic) bond motifs is 2. The number of aliphatic hydroxyl groups excluding tert-OH is 3. The Morgan fingerprint density at radius 2 is 2.15 bits per heavy atom. The highest BCUT2D eigenvalue weighted by molar-refractivity contribution is 5.81. The maximum Gasteiger partial charge on any atom is 0.165 e. The van der Waals surface area contributed by atoms with Crippen LogP contribution >= 0.6 is 0 Å². The number of hydrogen-bond donors (Lipinski definition) is 4. The zero-order valence-electron chi connectivity index (χ0n) is 10.6. The molecular weight excluding hydrogens is 262 g/mol. The standard InChI is InChI=1S/C12H15N5O3/c13-10-6-11(15-3-14-10)17(4-16-6)7-5-1-12(5,2-18)9(20)8(7)19/h3-5,7-9,18-20H,1-2H2,(H2,13,14,15)/t5-,7-,8+,9+,12+/m0/s1. The molecule has 2 saturated carbocycles. The molecule has 2 aromatic heterocycles. The van der Waals surface area contributed by atoms with Gasteiger partial charge in [-0.05, 0) is 12.3 Å². The monoisotopic (exact) mass is 277 g/mol. The molecule has 0 radical (unpaired) electrons. The van der Waals surface area contributed by atoms with E-state index in [0.29, 0.717) is 17.6 Å². The summed E-state index contributed by atoms with van der Waals surface area (Å²) >= 11 is 0. The number of nitrogens with zero attached hydrogens (tertiary/aromatic N) is 4. The summed E-state index contributed by atoms with van der Waals surface area (Å²) in [5.41, 5.74) is 6.18. The molecule has 2 aliphatic rings. The summed E-state index contributed by atoms with van der Waals surface area (Å²) < 4.78 is 1.73. The van der Waals surface area contributed by atoms with Crippen LogP contribution in [-0.4, -0.2) is 53.7 Å². The van der Waals surface area contributed by atoms with Gasteiger partial charge in [-0.2, -0.15) is 0 Å². The molecule has 5 N–H and O–H groups in total. The fraction of sp³-hybridized carbons (Fsp3) is 0.583. The van der Waals surface area contributed by atoms with Crippen LogP contribution < -0.4 is 5.73 Å². The lowest BCUT2D eigenvalue weighted by atomic mass is 10.0. The van der Waals surface area contributed by atoms with Crippen molar-refractivity contribution >= 4 is 17.0 Å². The van der Waals surface area contributed by atoms with Gasteiger partial charge in [0, 0.05) is 5.41 Å². The minimum atomic E-state index is -0.950. The van der Waals surface area contributed by atoms with E-state index in [0.717, 1.165) is 0 Å². The van der Waals surface area contributed by atoms with Crippen LogP contribution in [0.4, 0.5) is 5.82 Å². The SMILES string of the molecule is Nc1ncnc2c1ncn2[C@@H]1[C@@H](O)[C@@H](O)[C@@]2(CO)C[C@@H]12. The van der Waals surface area contributed by atoms with Gasteiger partial charge >= 0.3 is 0 Å². The molecular formula is C12H15N5O3. The lowest BCUT2D eigenvalue weighted by molar-refractivity contribution is -0.0300. The second-order valence-electron chi connectivity index (χ2n) is 5.71. The Bertz CT molecular complexity index is 689. The molecule has 5 atom stereocenters. The van der Waals surface area contributed by atoms with Crippen molar-refractivity contribution in [3.8, 4) is 0 Å². The molecule has 0 aliphatic heterocycles. The van der Waals surface area contributed by atoms with Gasteiger partial charge in [0.05, 0.1) is 25.1 Å². The van der Waals surface area contributed by atoms with Gasteiger partial charge in [-0.3, -0.25) is 0 Å². The van der Waals surface area contributed by atoms with Crippen molar-refractivity contribution in [1.82, 2.24) is 19.5 Å². The fourth-order valence-electron chi connectivity index (χ4n) is 3.64. The first kappa shape index (κ1) is 12.0. The van der Waals surface area contributed by atoms with E-state index < -0.39 is 17.6 Å². The van der Waals surface area contributed by atoms with E-state index in [2.05, 4.69) is 15.0 Å². The number of rotatable bonds is 2. The Hall–Kier alpha value is -1.77. The van der Waals surface area contributed by atoms with Gasteiger partial charge in [0.25, 0.3) is 0 Å². The lowest BCUT2D eigenvalue weighted by Crippen LogP contribution is -2.35. The third kappa shape index (κ3) is 1.23. The van der Waals surface area contributed by atoms with E-state index in [1.165, 1.54) is 6.33 Å². The smallest absolute Gasteiger partial charge is 0.165 e. The molecule has 0 unspecified atom stereocenters. The molecule has 0 spiro atoms. The number of nitrogens with two attached hydrogens (primary N) is 1. The van der Waals surface area contributed by atoms with E-state index in [4.69, 9.17) is 5.73 Å². The van der Waals surface area contributed by atoms with Crippen molar-refractivity contribution in [3.05, 3.63) is 12.7 Å². The molecule has 20 heavy (non-hydrogen) atoms. The quantitative estimate of drug-likeness (QED) is 0.535. The highest BCUT2D eigenvalue weighted by Crippen LogP contribution is 2.67. The molecule has 0 aromatic carbocycles. The molecule has 0 bridgehead atoms. The Morgan fingerprint density at radius 3 is 2.85 bits per heavy atom. The van der Waals surface area contributed by atoms with Crippen molar-refractivity contribution in [2.24, 2.45) is 11.3 Å². The maximum atomic E-state index is 10.3. The molecule has 8 nitrogen and oxygen atoms in total. The van der Waals surface area contributed by atoms with Gasteiger partial charge in [0.15, 0.2) is 11.5 Å². The van der Waals surface area contributed by atoms with Crippen LogP contribution in [0.3, 0.4) is 0 Å². The molecule has 8 heteroatoms. The number of aromatic nitrogens is 4. The highest BCUT2D eigenvalue weighted by Gasteiger charge is 2.71. The van der Waals surface area contributed by atoms with Crippen LogP contribution in [0.15, 0.2) is 12.7 Å². The number of nitrogen functional groups attached to an aromatic ring is 1. The number of anilines is 1. The summed E-state index contributed by atoms with van der Waals surface area (Å²) in [6.07, 6.45) is 1.71. The summed E-state index contributed by atoms with van der Waals surface area (Å²) in [6.45, 7) is -0.129. The second kappa shape index (κ2) is 3.66. The van der Waals surface area contributed by atoms with Gasteiger partial charge in [-0.25, -0.2) is 15.0 Å². The van der Waals surface area contributed by atoms with Crippen molar-refractivity contribution in [3.63, 3.8) is 0 Å². The first-order valence-corrected chi connectivity index (χ1v) is 6.50. The van der Waals surface area contributed by atoms with E-state index in [1.807, 2.05) is 0 Å². The molecule has 0 saturated heterocycles. The van der Waals surface area contributed by atoms with E-state index >= 15 is 0 Å². The second-order valence-corrected chi connectivity index (χ2v) is 5.71. The van der Waals surface area contributed by atoms with Gasteiger partial charge in [-0.1, -0.05) is 0 Å². The Kier molecular flexibility index (Phi) is 2.20. The fourth-order valence-corrected chi connectivity index (χ4v) is 3.64. The molecule has 2 aromatic rings. The lowest BCUT2D eigenvalue weighted by Gasteiger charge is -2.23. The highest BCUT2D eigenvalue weighted by atomic mass is 16.3. The first-order chi connectivity index (χ1) is 9.60. The average molecular weight is 277 g/mol. The zero-order chi connectivity index (χ0) is 14.1. The minimum absolute atomic E-state index is 0.0195. The van der Waals surface area contributed by atoms with Crippen molar-refractivity contribution in [2.75, 3.05) is 12.3 Å².